The van der Waals surface area contributed by atoms with E-state index in [4.69, 9.17) is 5.11 Å². The summed E-state index contributed by atoms with van der Waals surface area (Å²) < 4.78 is 0. The SMILES string of the molecule is CC(S)C(C)C(=O)N1CCC[C@H]1C(=O)O. The second-order valence-corrected chi connectivity index (χ2v) is 4.87. The largest absolute Gasteiger partial charge is 0.480 e. The molecule has 0 aromatic rings. The Morgan fingerprint density at radius 2 is 2.07 bits per heavy atom. The van der Waals surface area contributed by atoms with Crippen LogP contribution in [0.3, 0.4) is 0 Å². The van der Waals surface area contributed by atoms with Crippen molar-refractivity contribution >= 4 is 24.5 Å². The zero-order valence-corrected chi connectivity index (χ0v) is 9.91. The molecule has 0 saturated carbocycles. The van der Waals surface area contributed by atoms with E-state index in [0.717, 1.165) is 6.42 Å². The van der Waals surface area contributed by atoms with Gasteiger partial charge in [0.15, 0.2) is 0 Å². The minimum atomic E-state index is -0.903. The van der Waals surface area contributed by atoms with E-state index in [-0.39, 0.29) is 17.1 Å². The normalized spacial score (nSPS) is 25.0. The highest BCUT2D eigenvalue weighted by Crippen LogP contribution is 2.22. The van der Waals surface area contributed by atoms with Gasteiger partial charge < -0.3 is 10.0 Å². The first-order valence-corrected chi connectivity index (χ1v) is 5.68. The van der Waals surface area contributed by atoms with E-state index < -0.39 is 12.0 Å². The molecule has 1 fully saturated rings. The molecule has 3 atom stereocenters. The smallest absolute Gasteiger partial charge is 0.326 e. The molecule has 1 aliphatic heterocycles. The Morgan fingerprint density at radius 3 is 2.53 bits per heavy atom. The van der Waals surface area contributed by atoms with Crippen LogP contribution < -0.4 is 0 Å². The Hall–Kier alpha value is -0.710. The first kappa shape index (κ1) is 12.4. The second-order valence-electron chi connectivity index (χ2n) is 4.06. The maximum Gasteiger partial charge on any atom is 0.326 e. The summed E-state index contributed by atoms with van der Waals surface area (Å²) in [4.78, 5) is 24.3. The van der Waals surface area contributed by atoms with E-state index >= 15 is 0 Å². The van der Waals surface area contributed by atoms with Crippen molar-refractivity contribution < 1.29 is 14.7 Å². The van der Waals surface area contributed by atoms with Gasteiger partial charge in [0.25, 0.3) is 0 Å². The quantitative estimate of drug-likeness (QED) is 0.713. The zero-order valence-electron chi connectivity index (χ0n) is 9.01. The molecule has 0 radical (unpaired) electrons. The van der Waals surface area contributed by atoms with Crippen molar-refractivity contribution in [2.24, 2.45) is 5.92 Å². The number of nitrogens with zero attached hydrogens (tertiary/aromatic N) is 1. The molecule has 0 spiro atoms. The standard InChI is InChI=1S/C10H17NO3S/c1-6(7(2)15)9(12)11-5-3-4-8(11)10(13)14/h6-8,15H,3-5H2,1-2H3,(H,13,14)/t6?,7?,8-/m0/s1. The predicted molar refractivity (Wildman–Crippen MR) is 60.0 cm³/mol. The minimum Gasteiger partial charge on any atom is -0.480 e. The molecule has 0 bridgehead atoms. The number of carboxylic acids is 1. The summed E-state index contributed by atoms with van der Waals surface area (Å²) >= 11 is 4.21. The van der Waals surface area contributed by atoms with Crippen molar-refractivity contribution in [1.29, 1.82) is 0 Å². The Balaban J connectivity index is 2.70. The van der Waals surface area contributed by atoms with Crippen LogP contribution in [0.4, 0.5) is 0 Å². The molecular formula is C10H17NO3S. The van der Waals surface area contributed by atoms with Gasteiger partial charge in [0.05, 0.1) is 0 Å². The summed E-state index contributed by atoms with van der Waals surface area (Å²) in [5.74, 6) is -1.23. The maximum atomic E-state index is 11.9. The molecule has 5 heteroatoms. The summed E-state index contributed by atoms with van der Waals surface area (Å²) in [6.07, 6.45) is 1.34. The molecule has 4 nitrogen and oxygen atoms in total. The van der Waals surface area contributed by atoms with Crippen LogP contribution in [0.5, 0.6) is 0 Å². The first-order valence-electron chi connectivity index (χ1n) is 5.16. The van der Waals surface area contributed by atoms with Gasteiger partial charge in [-0.3, -0.25) is 4.79 Å². The van der Waals surface area contributed by atoms with E-state index in [1.807, 2.05) is 6.92 Å². The third-order valence-corrected chi connectivity index (χ3v) is 3.38. The first-order chi connectivity index (χ1) is 6.95. The van der Waals surface area contributed by atoms with E-state index in [1.165, 1.54) is 4.90 Å². The monoisotopic (exact) mass is 231 g/mol. The number of thiol groups is 1. The average Bonchev–Trinajstić information content (AvgIpc) is 2.63. The van der Waals surface area contributed by atoms with Crippen molar-refractivity contribution in [2.45, 2.75) is 38.0 Å². The van der Waals surface area contributed by atoms with Crippen molar-refractivity contribution in [2.75, 3.05) is 6.54 Å². The van der Waals surface area contributed by atoms with E-state index in [1.54, 1.807) is 6.92 Å². The van der Waals surface area contributed by atoms with Gasteiger partial charge in [-0.05, 0) is 12.8 Å². The van der Waals surface area contributed by atoms with Crippen molar-refractivity contribution in [3.63, 3.8) is 0 Å². The average molecular weight is 231 g/mol. The molecule has 0 aromatic heterocycles. The number of hydrogen-bond donors (Lipinski definition) is 2. The molecule has 1 saturated heterocycles. The minimum absolute atomic E-state index is 0.0486. The summed E-state index contributed by atoms with van der Waals surface area (Å²) in [6.45, 7) is 4.19. The highest BCUT2D eigenvalue weighted by Gasteiger charge is 2.36. The van der Waals surface area contributed by atoms with Gasteiger partial charge >= 0.3 is 5.97 Å². The molecule has 15 heavy (non-hydrogen) atoms. The number of aliphatic carboxylic acids is 1. The summed E-state index contributed by atoms with van der Waals surface area (Å²) in [5.41, 5.74) is 0. The molecule has 86 valence electrons. The highest BCUT2D eigenvalue weighted by atomic mass is 32.1. The molecule has 1 amide bonds. The van der Waals surface area contributed by atoms with E-state index in [0.29, 0.717) is 13.0 Å². The zero-order chi connectivity index (χ0) is 11.6. The number of rotatable bonds is 3. The summed E-state index contributed by atoms with van der Waals surface area (Å²) in [6, 6.07) is -0.632. The lowest BCUT2D eigenvalue weighted by Crippen LogP contribution is -2.44. The molecule has 0 aliphatic carbocycles. The Labute approximate surface area is 95.1 Å². The van der Waals surface area contributed by atoms with E-state index in [2.05, 4.69) is 12.6 Å². The number of carbonyl (C=O) groups is 2. The Morgan fingerprint density at radius 1 is 1.47 bits per heavy atom. The predicted octanol–water partition coefficient (Wildman–Crippen LogP) is 1.02. The highest BCUT2D eigenvalue weighted by molar-refractivity contribution is 7.81. The third kappa shape index (κ3) is 2.65. The van der Waals surface area contributed by atoms with Crippen LogP contribution in [0.25, 0.3) is 0 Å². The van der Waals surface area contributed by atoms with Crippen LogP contribution >= 0.6 is 12.6 Å². The van der Waals surface area contributed by atoms with Gasteiger partial charge in [-0.25, -0.2) is 4.79 Å². The molecule has 1 rings (SSSR count). The van der Waals surface area contributed by atoms with E-state index in [9.17, 15) is 9.59 Å². The van der Waals surface area contributed by atoms with Crippen LogP contribution in [-0.4, -0.2) is 39.7 Å². The fourth-order valence-corrected chi connectivity index (χ4v) is 1.88. The lowest BCUT2D eigenvalue weighted by molar-refractivity contribution is -0.149. The topological polar surface area (TPSA) is 57.6 Å². The fourth-order valence-electron chi connectivity index (χ4n) is 1.76. The number of carboxylic acid groups (broad SMARTS) is 1. The number of amides is 1. The molecule has 1 N–H and O–H groups in total. The van der Waals surface area contributed by atoms with Crippen LogP contribution in [0.15, 0.2) is 0 Å². The molecule has 0 aromatic carbocycles. The molecule has 1 aliphatic rings. The van der Waals surface area contributed by atoms with Crippen LogP contribution in [0.1, 0.15) is 26.7 Å². The van der Waals surface area contributed by atoms with Gasteiger partial charge in [-0.2, -0.15) is 12.6 Å². The number of carbonyl (C=O) groups excluding carboxylic acids is 1. The Kier molecular flexibility index (Phi) is 4.02. The molecule has 1 heterocycles. The van der Waals surface area contributed by atoms with Gasteiger partial charge in [0.1, 0.15) is 6.04 Å². The van der Waals surface area contributed by atoms with Crippen LogP contribution in [0, 0.1) is 5.92 Å². The second kappa shape index (κ2) is 4.88. The summed E-state index contributed by atoms with van der Waals surface area (Å²) in [5, 5.41) is 8.89. The fraction of sp³-hybridized carbons (Fsp3) is 0.800. The maximum absolute atomic E-state index is 11.9. The number of likely N-dealkylation sites (tertiary alicyclic amines) is 1. The third-order valence-electron chi connectivity index (χ3n) is 2.93. The Bertz CT molecular complexity index is 267. The van der Waals surface area contributed by atoms with Crippen molar-refractivity contribution in [3.8, 4) is 0 Å². The van der Waals surface area contributed by atoms with Gasteiger partial charge in [0, 0.05) is 17.7 Å². The van der Waals surface area contributed by atoms with Crippen LogP contribution in [-0.2, 0) is 9.59 Å². The van der Waals surface area contributed by atoms with Gasteiger partial charge in [-0.15, -0.1) is 0 Å². The van der Waals surface area contributed by atoms with Gasteiger partial charge in [0.2, 0.25) is 5.91 Å². The van der Waals surface area contributed by atoms with Crippen molar-refractivity contribution in [1.82, 2.24) is 4.90 Å². The molecular weight excluding hydrogens is 214 g/mol. The van der Waals surface area contributed by atoms with Gasteiger partial charge in [-0.1, -0.05) is 13.8 Å². The van der Waals surface area contributed by atoms with Crippen molar-refractivity contribution in [3.05, 3.63) is 0 Å². The lowest BCUT2D eigenvalue weighted by Gasteiger charge is -2.26. The van der Waals surface area contributed by atoms with Crippen LogP contribution in [0.2, 0.25) is 0 Å². The lowest BCUT2D eigenvalue weighted by atomic mass is 10.1. The molecule has 2 unspecified atom stereocenters. The summed E-state index contributed by atoms with van der Waals surface area (Å²) in [7, 11) is 0. The number of hydrogen-bond acceptors (Lipinski definition) is 3.